The quantitative estimate of drug-likeness (QED) is 0.641. The van der Waals surface area contributed by atoms with Crippen molar-refractivity contribution < 1.29 is 8.42 Å². The van der Waals surface area contributed by atoms with Crippen LogP contribution in [0.25, 0.3) is 0 Å². The molecule has 0 saturated carbocycles. The number of nitrogens with zero attached hydrogens (tertiary/aromatic N) is 1. The van der Waals surface area contributed by atoms with Crippen molar-refractivity contribution >= 4 is 19.7 Å². The van der Waals surface area contributed by atoms with Gasteiger partial charge in [-0.25, -0.2) is 8.42 Å². The van der Waals surface area contributed by atoms with Crippen LogP contribution in [0.2, 0.25) is 0 Å². The molecule has 86 valence electrons. The molecule has 0 rings (SSSR count). The van der Waals surface area contributed by atoms with Crippen molar-refractivity contribution in [2.45, 2.75) is 39.2 Å². The van der Waals surface area contributed by atoms with Gasteiger partial charge in [0, 0.05) is 16.7 Å². The average Bonchev–Trinajstić information content (AvgIpc) is 2.04. The largest absolute Gasteiger partial charge is 0.303 e. The summed E-state index contributed by atoms with van der Waals surface area (Å²) >= 11 is 0. The predicted octanol–water partition coefficient (Wildman–Crippen LogP) is 2.07. The molecule has 14 heavy (non-hydrogen) atoms. The van der Waals surface area contributed by atoms with E-state index in [1.165, 1.54) is 0 Å². The second kappa shape index (κ2) is 6.64. The van der Waals surface area contributed by atoms with E-state index in [0.29, 0.717) is 12.5 Å². The topological polar surface area (TPSA) is 37.4 Å². The minimum absolute atomic E-state index is 0.0685. The number of rotatable bonds is 7. The van der Waals surface area contributed by atoms with Gasteiger partial charge in [-0.15, -0.1) is 0 Å². The summed E-state index contributed by atoms with van der Waals surface area (Å²) in [5.74, 6) is 0.0685. The first-order valence-electron chi connectivity index (χ1n) is 5.03. The van der Waals surface area contributed by atoms with Crippen LogP contribution in [-0.2, 0) is 9.05 Å². The molecule has 0 aromatic rings. The molecular weight excluding hydrogens is 222 g/mol. The van der Waals surface area contributed by atoms with E-state index in [-0.39, 0.29) is 5.75 Å². The Bertz CT molecular complexity index is 237. The van der Waals surface area contributed by atoms with Crippen molar-refractivity contribution in [1.29, 1.82) is 0 Å². The van der Waals surface area contributed by atoms with Gasteiger partial charge in [-0.1, -0.05) is 13.8 Å². The molecule has 0 aliphatic rings. The molecule has 0 atom stereocenters. The summed E-state index contributed by atoms with van der Waals surface area (Å²) in [4.78, 5) is 2.20. The van der Waals surface area contributed by atoms with Gasteiger partial charge < -0.3 is 4.90 Å². The molecule has 0 aliphatic carbocycles. The Morgan fingerprint density at radius 3 is 2.14 bits per heavy atom. The summed E-state index contributed by atoms with van der Waals surface area (Å²) < 4.78 is 21.3. The fourth-order valence-electron chi connectivity index (χ4n) is 1.58. The van der Waals surface area contributed by atoms with E-state index >= 15 is 0 Å². The molecule has 0 radical (unpaired) electrons. The van der Waals surface area contributed by atoms with Gasteiger partial charge in [0.05, 0.1) is 5.75 Å². The first-order chi connectivity index (χ1) is 6.40. The van der Waals surface area contributed by atoms with Crippen LogP contribution in [0.3, 0.4) is 0 Å². The lowest BCUT2D eigenvalue weighted by Crippen LogP contribution is -2.32. The molecule has 0 spiro atoms. The van der Waals surface area contributed by atoms with E-state index in [9.17, 15) is 8.42 Å². The zero-order valence-corrected chi connectivity index (χ0v) is 10.7. The third-order valence-corrected chi connectivity index (χ3v) is 3.70. The standard InChI is InChI=1S/C9H20ClNO2S/c1-4-9(5-2)11(3)7-6-8-14(10,12)13/h9H,4-8H2,1-3H3. The Balaban J connectivity index is 3.78. The summed E-state index contributed by atoms with van der Waals surface area (Å²) in [6, 6.07) is 0.549. The van der Waals surface area contributed by atoms with E-state index in [0.717, 1.165) is 19.4 Å². The molecule has 0 amide bonds. The van der Waals surface area contributed by atoms with E-state index in [2.05, 4.69) is 18.7 Å². The van der Waals surface area contributed by atoms with Crippen LogP contribution in [-0.4, -0.2) is 38.7 Å². The Kier molecular flexibility index (Phi) is 6.74. The number of hydrogen-bond donors (Lipinski definition) is 0. The zero-order chi connectivity index (χ0) is 11.2. The summed E-state index contributed by atoms with van der Waals surface area (Å²) in [6.07, 6.45) is 2.81. The van der Waals surface area contributed by atoms with Gasteiger partial charge in [0.15, 0.2) is 0 Å². The van der Waals surface area contributed by atoms with Gasteiger partial charge in [-0.3, -0.25) is 0 Å². The van der Waals surface area contributed by atoms with Gasteiger partial charge in [-0.2, -0.15) is 0 Å². The molecule has 3 nitrogen and oxygen atoms in total. The molecule has 0 aromatic heterocycles. The number of halogens is 1. The summed E-state index contributed by atoms with van der Waals surface area (Å²) in [6.45, 7) is 5.07. The van der Waals surface area contributed by atoms with Gasteiger partial charge in [0.2, 0.25) is 9.05 Å². The predicted molar refractivity (Wildman–Crippen MR) is 61.3 cm³/mol. The molecule has 0 unspecified atom stereocenters. The van der Waals surface area contributed by atoms with Crippen LogP contribution < -0.4 is 0 Å². The minimum atomic E-state index is -3.31. The van der Waals surface area contributed by atoms with Crippen LogP contribution in [0.15, 0.2) is 0 Å². The second-order valence-corrected chi connectivity index (χ2v) is 6.44. The first-order valence-corrected chi connectivity index (χ1v) is 7.51. The maximum absolute atomic E-state index is 10.7. The zero-order valence-electron chi connectivity index (χ0n) is 9.16. The maximum atomic E-state index is 10.7. The fourth-order valence-corrected chi connectivity index (χ4v) is 2.38. The van der Waals surface area contributed by atoms with Crippen molar-refractivity contribution in [1.82, 2.24) is 4.90 Å². The number of hydrogen-bond acceptors (Lipinski definition) is 3. The highest BCUT2D eigenvalue weighted by Crippen LogP contribution is 2.07. The van der Waals surface area contributed by atoms with Crippen molar-refractivity contribution in [3.05, 3.63) is 0 Å². The van der Waals surface area contributed by atoms with Gasteiger partial charge in [-0.05, 0) is 32.9 Å². The van der Waals surface area contributed by atoms with Crippen molar-refractivity contribution in [3.63, 3.8) is 0 Å². The summed E-state index contributed by atoms with van der Waals surface area (Å²) in [7, 11) is 3.83. The normalized spacial score (nSPS) is 12.7. The Hall–Kier alpha value is 0.200. The van der Waals surface area contributed by atoms with Gasteiger partial charge in [0.25, 0.3) is 0 Å². The van der Waals surface area contributed by atoms with Crippen LogP contribution in [0.5, 0.6) is 0 Å². The van der Waals surface area contributed by atoms with Gasteiger partial charge in [0.1, 0.15) is 0 Å². The van der Waals surface area contributed by atoms with Crippen LogP contribution in [0, 0.1) is 0 Å². The molecule has 0 aliphatic heterocycles. The summed E-state index contributed by atoms with van der Waals surface area (Å²) in [5, 5.41) is 0. The first kappa shape index (κ1) is 14.2. The van der Waals surface area contributed by atoms with E-state index in [1.54, 1.807) is 0 Å². The lowest BCUT2D eigenvalue weighted by Gasteiger charge is -2.25. The molecule has 0 heterocycles. The third-order valence-electron chi connectivity index (χ3n) is 2.46. The highest BCUT2D eigenvalue weighted by Gasteiger charge is 2.11. The molecule has 0 aromatic carbocycles. The monoisotopic (exact) mass is 241 g/mol. The van der Waals surface area contributed by atoms with Crippen molar-refractivity contribution in [2.24, 2.45) is 0 Å². The second-order valence-electron chi connectivity index (χ2n) is 3.55. The summed E-state index contributed by atoms with van der Waals surface area (Å²) in [5.41, 5.74) is 0. The van der Waals surface area contributed by atoms with Gasteiger partial charge >= 0.3 is 0 Å². The minimum Gasteiger partial charge on any atom is -0.303 e. The van der Waals surface area contributed by atoms with E-state index in [4.69, 9.17) is 10.7 Å². The lowest BCUT2D eigenvalue weighted by atomic mass is 10.1. The molecule has 0 N–H and O–H groups in total. The molecule has 0 saturated heterocycles. The SMILES string of the molecule is CCC(CC)N(C)CCCS(=O)(=O)Cl. The maximum Gasteiger partial charge on any atom is 0.232 e. The highest BCUT2D eigenvalue weighted by atomic mass is 35.7. The van der Waals surface area contributed by atoms with Crippen molar-refractivity contribution in [2.75, 3.05) is 19.3 Å². The van der Waals surface area contributed by atoms with Crippen LogP contribution >= 0.6 is 10.7 Å². The molecule has 5 heteroatoms. The lowest BCUT2D eigenvalue weighted by molar-refractivity contribution is 0.230. The van der Waals surface area contributed by atoms with E-state index < -0.39 is 9.05 Å². The third kappa shape index (κ3) is 6.62. The molecular formula is C9H20ClNO2S. The Morgan fingerprint density at radius 1 is 1.29 bits per heavy atom. The fraction of sp³-hybridized carbons (Fsp3) is 1.00. The van der Waals surface area contributed by atoms with Crippen LogP contribution in [0.4, 0.5) is 0 Å². The average molecular weight is 242 g/mol. The highest BCUT2D eigenvalue weighted by molar-refractivity contribution is 8.13. The Morgan fingerprint density at radius 2 is 1.79 bits per heavy atom. The smallest absolute Gasteiger partial charge is 0.232 e. The van der Waals surface area contributed by atoms with Crippen LogP contribution in [0.1, 0.15) is 33.1 Å². The van der Waals surface area contributed by atoms with E-state index in [1.807, 2.05) is 7.05 Å². The molecule has 0 fully saturated rings. The van der Waals surface area contributed by atoms with Crippen molar-refractivity contribution in [3.8, 4) is 0 Å². The molecule has 0 bridgehead atoms. The Labute approximate surface area is 91.9 Å².